The molecule has 0 bridgehead atoms. The van der Waals surface area contributed by atoms with Gasteiger partial charge in [0.05, 0.1) is 13.2 Å². The van der Waals surface area contributed by atoms with Crippen LogP contribution in [0.4, 0.5) is 0 Å². The third kappa shape index (κ3) is 3.39. The van der Waals surface area contributed by atoms with Crippen molar-refractivity contribution in [3.8, 4) is 12.3 Å². The van der Waals surface area contributed by atoms with E-state index in [2.05, 4.69) is 5.92 Å². The number of rotatable bonds is 6. The van der Waals surface area contributed by atoms with Crippen LogP contribution in [-0.4, -0.2) is 25.2 Å². The van der Waals surface area contributed by atoms with E-state index in [4.69, 9.17) is 15.9 Å². The molecule has 0 unspecified atom stereocenters. The molecule has 0 saturated carbocycles. The maximum Gasteiger partial charge on any atom is 0.336 e. The molecule has 0 spiro atoms. The number of ether oxygens (including phenoxy) is 2. The van der Waals surface area contributed by atoms with Gasteiger partial charge >= 0.3 is 11.9 Å². The lowest BCUT2D eigenvalue weighted by Crippen LogP contribution is -2.42. The topological polar surface area (TPSA) is 52.6 Å². The van der Waals surface area contributed by atoms with Crippen LogP contribution in [0.2, 0.25) is 0 Å². The maximum absolute atomic E-state index is 12.2. The van der Waals surface area contributed by atoms with E-state index in [1.165, 1.54) is 0 Å². The summed E-state index contributed by atoms with van der Waals surface area (Å²) in [6, 6.07) is 9.06. The Balaban J connectivity index is 3.14. The van der Waals surface area contributed by atoms with Crippen LogP contribution < -0.4 is 0 Å². The van der Waals surface area contributed by atoms with Gasteiger partial charge in [-0.25, -0.2) is 9.59 Å². The van der Waals surface area contributed by atoms with Gasteiger partial charge in [0.1, 0.15) is 0 Å². The van der Waals surface area contributed by atoms with E-state index < -0.39 is 17.4 Å². The third-order valence-corrected chi connectivity index (χ3v) is 2.81. The zero-order chi connectivity index (χ0) is 15.0. The fourth-order valence-corrected chi connectivity index (χ4v) is 1.81. The molecule has 0 atom stereocenters. The summed E-state index contributed by atoms with van der Waals surface area (Å²) in [6.45, 7) is 3.62. The average Bonchev–Trinajstić information content (AvgIpc) is 2.46. The Hall–Kier alpha value is -2.28. The molecule has 1 aromatic rings. The fraction of sp³-hybridized carbons (Fsp3) is 0.375. The molecule has 20 heavy (non-hydrogen) atoms. The van der Waals surface area contributed by atoms with Crippen LogP contribution in [0, 0.1) is 17.8 Å². The van der Waals surface area contributed by atoms with Crippen LogP contribution in [0.3, 0.4) is 0 Å². The number of hydrogen-bond acceptors (Lipinski definition) is 4. The Morgan fingerprint density at radius 1 is 1.10 bits per heavy atom. The summed E-state index contributed by atoms with van der Waals surface area (Å²) < 4.78 is 9.91. The van der Waals surface area contributed by atoms with Crippen molar-refractivity contribution in [3.05, 3.63) is 35.9 Å². The zero-order valence-electron chi connectivity index (χ0n) is 11.7. The van der Waals surface area contributed by atoms with E-state index in [9.17, 15) is 9.59 Å². The highest BCUT2D eigenvalue weighted by atomic mass is 16.6. The van der Waals surface area contributed by atoms with Crippen LogP contribution in [0.5, 0.6) is 0 Å². The lowest BCUT2D eigenvalue weighted by molar-refractivity contribution is -0.167. The number of benzene rings is 1. The van der Waals surface area contributed by atoms with Crippen molar-refractivity contribution in [2.45, 2.75) is 20.3 Å². The van der Waals surface area contributed by atoms with E-state index in [0.29, 0.717) is 0 Å². The lowest BCUT2D eigenvalue weighted by Gasteiger charge is -2.24. The summed E-state index contributed by atoms with van der Waals surface area (Å²) >= 11 is 0. The van der Waals surface area contributed by atoms with Gasteiger partial charge in [-0.15, -0.1) is 6.42 Å². The van der Waals surface area contributed by atoms with Crippen LogP contribution in [0.1, 0.15) is 19.4 Å². The Morgan fingerprint density at radius 3 is 2.00 bits per heavy atom. The standard InChI is InChI=1S/C16H18O4/c1-4-16(14(17)19-5-2,15(18)20-6-3)12-13-10-8-7-9-11-13/h1,7-11H,5-6,12H2,2-3H3. The largest absolute Gasteiger partial charge is 0.464 e. The second kappa shape index (κ2) is 7.34. The Bertz CT molecular complexity index is 481. The van der Waals surface area contributed by atoms with Crippen molar-refractivity contribution in [2.75, 3.05) is 13.2 Å². The highest BCUT2D eigenvalue weighted by Gasteiger charge is 2.47. The molecule has 4 nitrogen and oxygen atoms in total. The SMILES string of the molecule is C#CC(Cc1ccccc1)(C(=O)OCC)C(=O)OCC. The number of hydrogen-bond donors (Lipinski definition) is 0. The summed E-state index contributed by atoms with van der Waals surface area (Å²) in [7, 11) is 0. The first-order chi connectivity index (χ1) is 9.60. The van der Waals surface area contributed by atoms with Crippen molar-refractivity contribution in [3.63, 3.8) is 0 Å². The molecule has 0 aliphatic rings. The van der Waals surface area contributed by atoms with E-state index >= 15 is 0 Å². The van der Waals surface area contributed by atoms with E-state index in [1.54, 1.807) is 26.0 Å². The number of carbonyl (C=O) groups excluding carboxylic acids is 2. The van der Waals surface area contributed by atoms with Crippen LogP contribution in [0.15, 0.2) is 30.3 Å². The third-order valence-electron chi connectivity index (χ3n) is 2.81. The van der Waals surface area contributed by atoms with Crippen LogP contribution in [-0.2, 0) is 25.5 Å². The molecule has 106 valence electrons. The van der Waals surface area contributed by atoms with E-state index in [0.717, 1.165) is 5.56 Å². The molecule has 1 rings (SSSR count). The highest BCUT2D eigenvalue weighted by molar-refractivity contribution is 6.03. The van der Waals surface area contributed by atoms with Gasteiger partial charge in [-0.1, -0.05) is 36.3 Å². The second-order valence-corrected chi connectivity index (χ2v) is 4.15. The minimum absolute atomic E-state index is 0.0575. The van der Waals surface area contributed by atoms with Crippen molar-refractivity contribution < 1.29 is 19.1 Å². The summed E-state index contributed by atoms with van der Waals surface area (Å²) in [6.07, 6.45) is 5.52. The molecule has 0 amide bonds. The molecule has 0 radical (unpaired) electrons. The van der Waals surface area contributed by atoms with Gasteiger partial charge < -0.3 is 9.47 Å². The Labute approximate surface area is 119 Å². The van der Waals surface area contributed by atoms with Gasteiger partial charge in [-0.2, -0.15) is 0 Å². The first-order valence-electron chi connectivity index (χ1n) is 6.46. The van der Waals surface area contributed by atoms with Gasteiger partial charge in [-0.05, 0) is 19.4 Å². The quantitative estimate of drug-likeness (QED) is 0.452. The summed E-state index contributed by atoms with van der Waals surface area (Å²) in [5.41, 5.74) is -0.959. The summed E-state index contributed by atoms with van der Waals surface area (Å²) in [4.78, 5) is 24.3. The number of esters is 2. The zero-order valence-corrected chi connectivity index (χ0v) is 11.7. The van der Waals surface area contributed by atoms with Crippen molar-refractivity contribution in [2.24, 2.45) is 5.41 Å². The van der Waals surface area contributed by atoms with Crippen molar-refractivity contribution >= 4 is 11.9 Å². The van der Waals surface area contributed by atoms with E-state index in [-0.39, 0.29) is 19.6 Å². The number of terminal acetylenes is 1. The predicted molar refractivity (Wildman–Crippen MR) is 74.7 cm³/mol. The lowest BCUT2D eigenvalue weighted by atomic mass is 9.82. The molecule has 0 aromatic heterocycles. The molecular weight excluding hydrogens is 256 g/mol. The van der Waals surface area contributed by atoms with Crippen LogP contribution >= 0.6 is 0 Å². The first kappa shape index (κ1) is 15.8. The summed E-state index contributed by atoms with van der Waals surface area (Å²) in [5, 5.41) is 0. The second-order valence-electron chi connectivity index (χ2n) is 4.15. The average molecular weight is 274 g/mol. The normalized spacial score (nSPS) is 10.4. The number of carbonyl (C=O) groups is 2. The molecule has 4 heteroatoms. The van der Waals surface area contributed by atoms with Gasteiger partial charge in [0.15, 0.2) is 0 Å². The molecule has 0 heterocycles. The van der Waals surface area contributed by atoms with Crippen LogP contribution in [0.25, 0.3) is 0 Å². The molecule has 0 aliphatic carbocycles. The predicted octanol–water partition coefficient (Wildman–Crippen LogP) is 1.97. The monoisotopic (exact) mass is 274 g/mol. The highest BCUT2D eigenvalue weighted by Crippen LogP contribution is 2.26. The Kier molecular flexibility index (Phi) is 5.79. The van der Waals surface area contributed by atoms with Gasteiger partial charge in [0, 0.05) is 6.42 Å². The minimum atomic E-state index is -1.73. The fourth-order valence-electron chi connectivity index (χ4n) is 1.81. The van der Waals surface area contributed by atoms with E-state index in [1.807, 2.05) is 18.2 Å². The molecule has 1 aromatic carbocycles. The molecule has 0 N–H and O–H groups in total. The molecule has 0 fully saturated rings. The van der Waals surface area contributed by atoms with Crippen molar-refractivity contribution in [1.82, 2.24) is 0 Å². The molecular formula is C16H18O4. The molecule has 0 saturated heterocycles. The Morgan fingerprint density at radius 2 is 1.60 bits per heavy atom. The smallest absolute Gasteiger partial charge is 0.336 e. The van der Waals surface area contributed by atoms with Gasteiger partial charge in [0.2, 0.25) is 5.41 Å². The first-order valence-corrected chi connectivity index (χ1v) is 6.46. The van der Waals surface area contributed by atoms with Gasteiger partial charge in [0.25, 0.3) is 0 Å². The molecule has 0 aliphatic heterocycles. The minimum Gasteiger partial charge on any atom is -0.464 e. The summed E-state index contributed by atoms with van der Waals surface area (Å²) in [5.74, 6) is 0.793. The van der Waals surface area contributed by atoms with Crippen molar-refractivity contribution in [1.29, 1.82) is 0 Å². The maximum atomic E-state index is 12.2. The van der Waals surface area contributed by atoms with Gasteiger partial charge in [-0.3, -0.25) is 0 Å².